The Hall–Kier alpha value is 0.210. The lowest BCUT2D eigenvalue weighted by Crippen LogP contribution is -2.35. The van der Waals surface area contributed by atoms with Crippen molar-refractivity contribution in [1.82, 2.24) is 10.6 Å². The van der Waals surface area contributed by atoms with Gasteiger partial charge in [0.1, 0.15) is 0 Å². The first-order chi connectivity index (χ1) is 4.27. The van der Waals surface area contributed by atoms with E-state index in [2.05, 4.69) is 10.6 Å². The second-order valence-electron chi connectivity index (χ2n) is 2.61. The van der Waals surface area contributed by atoms with Crippen LogP contribution in [0.1, 0.15) is 6.42 Å². The summed E-state index contributed by atoms with van der Waals surface area (Å²) >= 11 is 6.15. The first-order valence-corrected chi connectivity index (χ1v) is 3.69. The normalized spacial score (nSPS) is 35.3. The van der Waals surface area contributed by atoms with E-state index in [0.717, 1.165) is 26.1 Å². The summed E-state index contributed by atoms with van der Waals surface area (Å²) in [5.41, 5.74) is 0. The zero-order valence-corrected chi connectivity index (χ0v) is 6.46. The van der Waals surface area contributed by atoms with Crippen LogP contribution in [0.15, 0.2) is 0 Å². The highest BCUT2D eigenvalue weighted by Gasteiger charge is 2.29. The highest BCUT2D eigenvalue weighted by molar-refractivity contribution is 6.24. The third-order valence-electron chi connectivity index (χ3n) is 1.69. The van der Waals surface area contributed by atoms with Crippen LogP contribution in [0.25, 0.3) is 0 Å². The molecule has 1 aliphatic rings. The molecule has 1 unspecified atom stereocenters. The van der Waals surface area contributed by atoms with Gasteiger partial charge in [-0.25, -0.2) is 0 Å². The van der Waals surface area contributed by atoms with Gasteiger partial charge in [-0.1, -0.05) is 0 Å². The summed E-state index contributed by atoms with van der Waals surface area (Å²) in [6.07, 6.45) is 1.08. The molecule has 3 heteroatoms. The quantitative estimate of drug-likeness (QED) is 0.546. The molecule has 9 heavy (non-hydrogen) atoms. The van der Waals surface area contributed by atoms with Crippen LogP contribution in [0, 0.1) is 0 Å². The molecule has 54 valence electrons. The van der Waals surface area contributed by atoms with Gasteiger partial charge in [0.15, 0.2) is 0 Å². The van der Waals surface area contributed by atoms with E-state index < -0.39 is 0 Å². The van der Waals surface area contributed by atoms with Gasteiger partial charge in [0, 0.05) is 13.1 Å². The molecule has 0 spiro atoms. The number of nitrogens with one attached hydrogen (secondary N) is 2. The van der Waals surface area contributed by atoms with Gasteiger partial charge >= 0.3 is 0 Å². The Kier molecular flexibility index (Phi) is 2.33. The highest BCUT2D eigenvalue weighted by atomic mass is 35.5. The fraction of sp³-hybridized carbons (Fsp3) is 1.00. The van der Waals surface area contributed by atoms with Gasteiger partial charge in [-0.05, 0) is 20.0 Å². The van der Waals surface area contributed by atoms with Crippen molar-refractivity contribution >= 4 is 11.6 Å². The maximum Gasteiger partial charge on any atom is 0.0706 e. The summed E-state index contributed by atoms with van der Waals surface area (Å²) in [6.45, 7) is 2.90. The first kappa shape index (κ1) is 7.32. The van der Waals surface area contributed by atoms with E-state index >= 15 is 0 Å². The van der Waals surface area contributed by atoms with Crippen LogP contribution >= 0.6 is 11.6 Å². The van der Waals surface area contributed by atoms with Crippen LogP contribution in [-0.2, 0) is 0 Å². The summed E-state index contributed by atoms with van der Waals surface area (Å²) in [5.74, 6) is 0. The van der Waals surface area contributed by atoms with Crippen molar-refractivity contribution in [2.75, 3.05) is 26.7 Å². The minimum absolute atomic E-state index is 0.00521. The smallest absolute Gasteiger partial charge is 0.0706 e. The molecule has 0 saturated carbocycles. The third kappa shape index (κ3) is 1.81. The lowest BCUT2D eigenvalue weighted by molar-refractivity contribution is 0.582. The third-order valence-corrected chi connectivity index (χ3v) is 2.14. The molecular formula is C6H13ClN2. The van der Waals surface area contributed by atoms with E-state index in [-0.39, 0.29) is 4.87 Å². The van der Waals surface area contributed by atoms with E-state index in [4.69, 9.17) is 11.6 Å². The van der Waals surface area contributed by atoms with Crippen molar-refractivity contribution in [1.29, 1.82) is 0 Å². The predicted octanol–water partition coefficient (Wildman–Crippen LogP) is 0.177. The van der Waals surface area contributed by atoms with Gasteiger partial charge in [-0.3, -0.25) is 0 Å². The zero-order valence-electron chi connectivity index (χ0n) is 5.71. The van der Waals surface area contributed by atoms with Gasteiger partial charge < -0.3 is 10.6 Å². The van der Waals surface area contributed by atoms with E-state index in [1.165, 1.54) is 0 Å². The van der Waals surface area contributed by atoms with Gasteiger partial charge in [-0.15, -0.1) is 11.6 Å². The standard InChI is InChI=1S/C6H13ClN2/c1-8-4-6(7)2-3-9-5-6/h8-9H,2-5H2,1H3. The van der Waals surface area contributed by atoms with E-state index in [1.807, 2.05) is 7.05 Å². The largest absolute Gasteiger partial charge is 0.318 e. The van der Waals surface area contributed by atoms with E-state index in [0.29, 0.717) is 0 Å². The Morgan fingerprint density at radius 3 is 3.00 bits per heavy atom. The van der Waals surface area contributed by atoms with Crippen molar-refractivity contribution in [3.8, 4) is 0 Å². The summed E-state index contributed by atoms with van der Waals surface area (Å²) in [7, 11) is 1.93. The molecule has 0 aliphatic carbocycles. The predicted molar refractivity (Wildman–Crippen MR) is 40.0 cm³/mol. The van der Waals surface area contributed by atoms with Gasteiger partial charge in [-0.2, -0.15) is 0 Å². The molecule has 1 aliphatic heterocycles. The SMILES string of the molecule is CNCC1(Cl)CCNC1. The van der Waals surface area contributed by atoms with Crippen LogP contribution < -0.4 is 10.6 Å². The van der Waals surface area contributed by atoms with Crippen LogP contribution in [0.5, 0.6) is 0 Å². The fourth-order valence-electron chi connectivity index (χ4n) is 1.18. The Morgan fingerprint density at radius 2 is 2.56 bits per heavy atom. The van der Waals surface area contributed by atoms with Crippen molar-refractivity contribution in [3.63, 3.8) is 0 Å². The second kappa shape index (κ2) is 2.86. The number of halogens is 1. The first-order valence-electron chi connectivity index (χ1n) is 3.31. The average molecular weight is 149 g/mol. The molecule has 1 heterocycles. The Bertz CT molecular complexity index is 89.1. The summed E-state index contributed by atoms with van der Waals surface area (Å²) < 4.78 is 0. The van der Waals surface area contributed by atoms with E-state index in [9.17, 15) is 0 Å². The Morgan fingerprint density at radius 1 is 1.78 bits per heavy atom. The average Bonchev–Trinajstić information content (AvgIpc) is 2.16. The van der Waals surface area contributed by atoms with Crippen LogP contribution in [0.2, 0.25) is 0 Å². The van der Waals surface area contributed by atoms with Crippen molar-refractivity contribution in [3.05, 3.63) is 0 Å². The molecular weight excluding hydrogens is 136 g/mol. The lowest BCUT2D eigenvalue weighted by atomic mass is 10.1. The molecule has 0 aromatic heterocycles. The maximum absolute atomic E-state index is 6.15. The monoisotopic (exact) mass is 148 g/mol. The van der Waals surface area contributed by atoms with Gasteiger partial charge in [0.2, 0.25) is 0 Å². The molecule has 0 aromatic rings. The number of alkyl halides is 1. The molecule has 0 bridgehead atoms. The maximum atomic E-state index is 6.15. The molecule has 1 saturated heterocycles. The van der Waals surface area contributed by atoms with Crippen LogP contribution in [0.3, 0.4) is 0 Å². The van der Waals surface area contributed by atoms with Crippen LogP contribution in [-0.4, -0.2) is 31.6 Å². The molecule has 0 radical (unpaired) electrons. The summed E-state index contributed by atoms with van der Waals surface area (Å²) in [4.78, 5) is -0.00521. The van der Waals surface area contributed by atoms with Crippen molar-refractivity contribution in [2.24, 2.45) is 0 Å². The lowest BCUT2D eigenvalue weighted by Gasteiger charge is -2.18. The molecule has 0 aromatic carbocycles. The van der Waals surface area contributed by atoms with Gasteiger partial charge in [0.25, 0.3) is 0 Å². The Balaban J connectivity index is 2.32. The fourth-order valence-corrected chi connectivity index (χ4v) is 1.50. The topological polar surface area (TPSA) is 24.1 Å². The van der Waals surface area contributed by atoms with E-state index in [1.54, 1.807) is 0 Å². The minimum atomic E-state index is -0.00521. The number of hydrogen-bond donors (Lipinski definition) is 2. The van der Waals surface area contributed by atoms with Crippen molar-refractivity contribution in [2.45, 2.75) is 11.3 Å². The Labute approximate surface area is 61.0 Å². The molecule has 1 atom stereocenters. The molecule has 1 fully saturated rings. The molecule has 2 N–H and O–H groups in total. The molecule has 0 amide bonds. The van der Waals surface area contributed by atoms with Crippen molar-refractivity contribution < 1.29 is 0 Å². The zero-order chi connectivity index (χ0) is 6.74. The van der Waals surface area contributed by atoms with Crippen LogP contribution in [0.4, 0.5) is 0 Å². The highest BCUT2D eigenvalue weighted by Crippen LogP contribution is 2.21. The minimum Gasteiger partial charge on any atom is -0.318 e. The summed E-state index contributed by atoms with van der Waals surface area (Å²) in [5, 5.41) is 6.30. The number of rotatable bonds is 2. The second-order valence-corrected chi connectivity index (χ2v) is 3.41. The van der Waals surface area contributed by atoms with Gasteiger partial charge in [0.05, 0.1) is 4.87 Å². The number of hydrogen-bond acceptors (Lipinski definition) is 2. The summed E-state index contributed by atoms with van der Waals surface area (Å²) in [6, 6.07) is 0. The molecule has 2 nitrogen and oxygen atoms in total. The molecule has 1 rings (SSSR count).